The number of nitrogens with two attached hydrogens (primary N) is 1. The van der Waals surface area contributed by atoms with Gasteiger partial charge in [-0.3, -0.25) is 0 Å². The number of anilines is 1. The lowest BCUT2D eigenvalue weighted by molar-refractivity contribution is 0.293. The van der Waals surface area contributed by atoms with Crippen LogP contribution in [0.5, 0.6) is 5.75 Å². The Morgan fingerprint density at radius 3 is 2.39 bits per heavy atom. The van der Waals surface area contributed by atoms with Crippen LogP contribution in [0, 0.1) is 11.6 Å². The first-order valence-electron chi connectivity index (χ1n) is 5.18. The van der Waals surface area contributed by atoms with Crippen LogP contribution in [-0.4, -0.2) is 0 Å². The molecule has 0 saturated heterocycles. The zero-order valence-electron chi connectivity index (χ0n) is 9.29. The van der Waals surface area contributed by atoms with Crippen molar-refractivity contribution in [3.05, 3.63) is 58.6 Å². The van der Waals surface area contributed by atoms with Gasteiger partial charge in [0.25, 0.3) is 0 Å². The largest absolute Gasteiger partial charge is 0.487 e. The van der Waals surface area contributed by atoms with Gasteiger partial charge in [0, 0.05) is 5.69 Å². The van der Waals surface area contributed by atoms with Gasteiger partial charge in [-0.25, -0.2) is 8.78 Å². The average Bonchev–Trinajstić information content (AvgIpc) is 2.31. The van der Waals surface area contributed by atoms with Crippen LogP contribution in [0.2, 0.25) is 5.02 Å². The van der Waals surface area contributed by atoms with E-state index in [1.54, 1.807) is 12.1 Å². The molecule has 0 fully saturated rings. The lowest BCUT2D eigenvalue weighted by Crippen LogP contribution is -2.02. The van der Waals surface area contributed by atoms with Crippen molar-refractivity contribution >= 4 is 17.3 Å². The van der Waals surface area contributed by atoms with E-state index in [0.29, 0.717) is 16.5 Å². The SMILES string of the molecule is Nc1ccc(OCc2c(F)cccc2F)c(Cl)c1. The molecule has 94 valence electrons. The maximum absolute atomic E-state index is 13.3. The van der Waals surface area contributed by atoms with Gasteiger partial charge in [0.15, 0.2) is 0 Å². The number of rotatable bonds is 3. The summed E-state index contributed by atoms with van der Waals surface area (Å²) in [7, 11) is 0. The number of hydrogen-bond acceptors (Lipinski definition) is 2. The topological polar surface area (TPSA) is 35.2 Å². The zero-order valence-corrected chi connectivity index (χ0v) is 10.0. The fourth-order valence-electron chi connectivity index (χ4n) is 1.45. The highest BCUT2D eigenvalue weighted by Crippen LogP contribution is 2.27. The fourth-order valence-corrected chi connectivity index (χ4v) is 1.70. The minimum absolute atomic E-state index is 0.134. The van der Waals surface area contributed by atoms with Crippen LogP contribution in [0.1, 0.15) is 5.56 Å². The summed E-state index contributed by atoms with van der Waals surface area (Å²) in [6.45, 7) is -0.234. The Balaban J connectivity index is 2.16. The average molecular weight is 270 g/mol. The van der Waals surface area contributed by atoms with Crippen LogP contribution in [0.4, 0.5) is 14.5 Å². The molecular weight excluding hydrogens is 260 g/mol. The highest BCUT2D eigenvalue weighted by molar-refractivity contribution is 6.32. The second kappa shape index (κ2) is 5.23. The summed E-state index contributed by atoms with van der Waals surface area (Å²) in [4.78, 5) is 0. The predicted octanol–water partition coefficient (Wildman–Crippen LogP) is 3.78. The predicted molar refractivity (Wildman–Crippen MR) is 66.6 cm³/mol. The number of ether oxygens (including phenoxy) is 1. The van der Waals surface area contributed by atoms with Gasteiger partial charge in [0.05, 0.1) is 10.6 Å². The van der Waals surface area contributed by atoms with E-state index in [4.69, 9.17) is 22.1 Å². The Morgan fingerprint density at radius 1 is 1.11 bits per heavy atom. The Kier molecular flexibility index (Phi) is 3.67. The van der Waals surface area contributed by atoms with Crippen LogP contribution < -0.4 is 10.5 Å². The lowest BCUT2D eigenvalue weighted by Gasteiger charge is -2.09. The second-order valence-electron chi connectivity index (χ2n) is 3.68. The van der Waals surface area contributed by atoms with Gasteiger partial charge in [0.1, 0.15) is 24.0 Å². The third-order valence-corrected chi connectivity index (χ3v) is 2.69. The summed E-state index contributed by atoms with van der Waals surface area (Å²) in [5, 5.41) is 0.298. The molecule has 0 atom stereocenters. The molecular formula is C13H10ClF2NO. The molecule has 2 N–H and O–H groups in total. The monoisotopic (exact) mass is 269 g/mol. The molecule has 0 bridgehead atoms. The molecule has 0 amide bonds. The third kappa shape index (κ3) is 2.71. The fraction of sp³-hybridized carbons (Fsp3) is 0.0769. The van der Waals surface area contributed by atoms with E-state index in [2.05, 4.69) is 0 Å². The van der Waals surface area contributed by atoms with Gasteiger partial charge < -0.3 is 10.5 Å². The first kappa shape index (κ1) is 12.6. The number of hydrogen-bond donors (Lipinski definition) is 1. The molecule has 0 saturated carbocycles. The zero-order chi connectivity index (χ0) is 13.1. The van der Waals surface area contributed by atoms with Crippen molar-refractivity contribution in [2.24, 2.45) is 0 Å². The quantitative estimate of drug-likeness (QED) is 0.861. The summed E-state index contributed by atoms with van der Waals surface area (Å²) in [5.74, 6) is -0.975. The molecule has 5 heteroatoms. The third-order valence-electron chi connectivity index (χ3n) is 2.39. The maximum atomic E-state index is 13.3. The van der Waals surface area contributed by atoms with Gasteiger partial charge in [-0.2, -0.15) is 0 Å². The summed E-state index contributed by atoms with van der Waals surface area (Å²) in [6.07, 6.45) is 0. The molecule has 0 aromatic heterocycles. The van der Waals surface area contributed by atoms with E-state index in [0.717, 1.165) is 0 Å². The molecule has 0 heterocycles. The molecule has 0 aliphatic heterocycles. The molecule has 0 spiro atoms. The molecule has 2 nitrogen and oxygen atoms in total. The van der Waals surface area contributed by atoms with Gasteiger partial charge >= 0.3 is 0 Å². The van der Waals surface area contributed by atoms with Crippen LogP contribution in [-0.2, 0) is 6.61 Å². The van der Waals surface area contributed by atoms with Crippen LogP contribution in [0.15, 0.2) is 36.4 Å². The van der Waals surface area contributed by atoms with Crippen molar-refractivity contribution < 1.29 is 13.5 Å². The van der Waals surface area contributed by atoms with Crippen LogP contribution in [0.25, 0.3) is 0 Å². The van der Waals surface area contributed by atoms with Gasteiger partial charge in [-0.1, -0.05) is 17.7 Å². The summed E-state index contributed by atoms with van der Waals surface area (Å²) < 4.78 is 32.0. The molecule has 0 aliphatic carbocycles. The normalized spacial score (nSPS) is 10.4. The Bertz CT molecular complexity index is 555. The minimum Gasteiger partial charge on any atom is -0.487 e. The van der Waals surface area contributed by atoms with Gasteiger partial charge in [0.2, 0.25) is 0 Å². The summed E-state index contributed by atoms with van der Waals surface area (Å²) in [6, 6.07) is 8.30. The number of nitrogen functional groups attached to an aromatic ring is 1. The summed E-state index contributed by atoms with van der Waals surface area (Å²) in [5.41, 5.74) is 5.88. The maximum Gasteiger partial charge on any atom is 0.138 e. The van der Waals surface area contributed by atoms with E-state index in [9.17, 15) is 8.78 Å². The highest BCUT2D eigenvalue weighted by atomic mass is 35.5. The molecule has 0 radical (unpaired) electrons. The van der Waals surface area contributed by atoms with Crippen molar-refractivity contribution in [3.8, 4) is 5.75 Å². The van der Waals surface area contributed by atoms with E-state index in [1.807, 2.05) is 0 Å². The Morgan fingerprint density at radius 2 is 1.78 bits per heavy atom. The van der Waals surface area contributed by atoms with Gasteiger partial charge in [-0.15, -0.1) is 0 Å². The van der Waals surface area contributed by atoms with Crippen molar-refractivity contribution in [1.29, 1.82) is 0 Å². The van der Waals surface area contributed by atoms with E-state index in [-0.39, 0.29) is 12.2 Å². The number of halogens is 3. The second-order valence-corrected chi connectivity index (χ2v) is 4.09. The van der Waals surface area contributed by atoms with Gasteiger partial charge in [-0.05, 0) is 30.3 Å². The first-order valence-corrected chi connectivity index (χ1v) is 5.56. The Hall–Kier alpha value is -1.81. The minimum atomic E-state index is -0.651. The molecule has 2 aromatic rings. The molecule has 2 rings (SSSR count). The molecule has 2 aromatic carbocycles. The van der Waals surface area contributed by atoms with Crippen LogP contribution >= 0.6 is 11.6 Å². The molecule has 18 heavy (non-hydrogen) atoms. The summed E-state index contributed by atoms with van der Waals surface area (Å²) >= 11 is 5.88. The first-order chi connectivity index (χ1) is 8.58. The Labute approximate surface area is 108 Å². The van der Waals surface area contributed by atoms with Crippen molar-refractivity contribution in [2.75, 3.05) is 5.73 Å². The van der Waals surface area contributed by atoms with E-state index in [1.165, 1.54) is 24.3 Å². The van der Waals surface area contributed by atoms with Crippen LogP contribution in [0.3, 0.4) is 0 Å². The molecule has 0 aliphatic rings. The smallest absolute Gasteiger partial charge is 0.138 e. The van der Waals surface area contributed by atoms with E-state index < -0.39 is 11.6 Å². The molecule has 0 unspecified atom stereocenters. The van der Waals surface area contributed by atoms with Crippen molar-refractivity contribution in [2.45, 2.75) is 6.61 Å². The lowest BCUT2D eigenvalue weighted by atomic mass is 10.2. The van der Waals surface area contributed by atoms with E-state index >= 15 is 0 Å². The van der Waals surface area contributed by atoms with Crippen molar-refractivity contribution in [3.63, 3.8) is 0 Å². The standard InChI is InChI=1S/C13H10ClF2NO/c14-10-6-8(17)4-5-13(10)18-7-9-11(15)2-1-3-12(9)16/h1-6H,7,17H2. The number of benzene rings is 2. The van der Waals surface area contributed by atoms with Crippen molar-refractivity contribution in [1.82, 2.24) is 0 Å². The highest BCUT2D eigenvalue weighted by Gasteiger charge is 2.10.